The molecule has 3 aromatic rings. The van der Waals surface area contributed by atoms with Gasteiger partial charge in [-0.05, 0) is 63.7 Å². The quantitative estimate of drug-likeness (QED) is 0.650. The minimum Gasteiger partial charge on any atom is -0.300 e. The first-order valence-corrected chi connectivity index (χ1v) is 11.0. The fourth-order valence-electron chi connectivity index (χ4n) is 4.99. The number of hydrogen-bond donors (Lipinski definition) is 0. The van der Waals surface area contributed by atoms with Crippen LogP contribution in [-0.2, 0) is 18.3 Å². The van der Waals surface area contributed by atoms with Crippen LogP contribution >= 0.6 is 0 Å². The summed E-state index contributed by atoms with van der Waals surface area (Å²) in [6.45, 7) is 2.49. The molecule has 156 valence electrons. The number of ketones is 1. The Balaban J connectivity index is 1.26. The van der Waals surface area contributed by atoms with E-state index in [0.717, 1.165) is 53.5 Å². The van der Waals surface area contributed by atoms with Crippen LogP contribution in [0, 0.1) is 5.92 Å². The van der Waals surface area contributed by atoms with Gasteiger partial charge in [-0.25, -0.2) is 0 Å². The third-order valence-corrected chi connectivity index (χ3v) is 6.69. The number of carbonyl (C=O) groups excluding carboxylic acids is 1. The van der Waals surface area contributed by atoms with Gasteiger partial charge < -0.3 is 4.90 Å². The molecule has 0 unspecified atom stereocenters. The van der Waals surface area contributed by atoms with Gasteiger partial charge >= 0.3 is 0 Å². The van der Waals surface area contributed by atoms with E-state index in [4.69, 9.17) is 0 Å². The smallest absolute Gasteiger partial charge is 0.141 e. The summed E-state index contributed by atoms with van der Waals surface area (Å²) in [5.74, 6) is 0.519. The van der Waals surface area contributed by atoms with Crippen LogP contribution in [0.5, 0.6) is 0 Å². The van der Waals surface area contributed by atoms with Gasteiger partial charge in [0.05, 0.1) is 17.9 Å². The van der Waals surface area contributed by atoms with Gasteiger partial charge in [-0.15, -0.1) is 5.10 Å². The van der Waals surface area contributed by atoms with Crippen LogP contribution < -0.4 is 0 Å². The molecule has 4 heterocycles. The number of nitrogens with zero attached hydrogens (tertiary/aromatic N) is 6. The lowest BCUT2D eigenvalue weighted by Crippen LogP contribution is -2.37. The van der Waals surface area contributed by atoms with Gasteiger partial charge in [-0.1, -0.05) is 5.21 Å². The van der Waals surface area contributed by atoms with Gasteiger partial charge in [0.15, 0.2) is 0 Å². The lowest BCUT2D eigenvalue weighted by atomic mass is 9.82. The van der Waals surface area contributed by atoms with E-state index in [0.29, 0.717) is 18.2 Å². The molecule has 2 aliphatic rings. The Morgan fingerprint density at radius 1 is 1.07 bits per heavy atom. The minimum atomic E-state index is 0.186. The van der Waals surface area contributed by atoms with E-state index in [9.17, 15) is 4.79 Å². The van der Waals surface area contributed by atoms with Gasteiger partial charge in [0, 0.05) is 48.3 Å². The van der Waals surface area contributed by atoms with Crippen LogP contribution in [0.2, 0.25) is 0 Å². The molecular weight excluding hydrogens is 376 g/mol. The van der Waals surface area contributed by atoms with E-state index in [1.54, 1.807) is 17.1 Å². The molecule has 1 saturated carbocycles. The standard InChI is InChI=1S/C23H28N6O/c1-28-15-22(26-27-28)18-10-17-11-19(24-14-21(17)25-13-18)12-23(30)16-4-6-20(7-5-16)29-8-2-3-9-29/h10-11,13-16,20H,2-9,12H2,1H3. The van der Waals surface area contributed by atoms with Crippen molar-refractivity contribution in [3.05, 3.63) is 36.4 Å². The van der Waals surface area contributed by atoms with E-state index >= 15 is 0 Å². The highest BCUT2D eigenvalue weighted by molar-refractivity contribution is 5.86. The molecule has 1 aliphatic carbocycles. The summed E-state index contributed by atoms with van der Waals surface area (Å²) >= 11 is 0. The molecule has 7 nitrogen and oxygen atoms in total. The Morgan fingerprint density at radius 2 is 1.87 bits per heavy atom. The minimum absolute atomic E-state index is 0.186. The number of rotatable bonds is 5. The number of aryl methyl sites for hydroxylation is 1. The molecule has 0 N–H and O–H groups in total. The van der Waals surface area contributed by atoms with Crippen molar-refractivity contribution in [3.63, 3.8) is 0 Å². The molecule has 0 aromatic carbocycles. The van der Waals surface area contributed by atoms with E-state index in [1.165, 1.54) is 25.9 Å². The molecule has 0 bridgehead atoms. The van der Waals surface area contributed by atoms with Crippen molar-refractivity contribution < 1.29 is 4.79 Å². The maximum Gasteiger partial charge on any atom is 0.141 e. The van der Waals surface area contributed by atoms with Crippen molar-refractivity contribution in [2.45, 2.75) is 51.0 Å². The zero-order valence-corrected chi connectivity index (χ0v) is 17.5. The molecular formula is C23H28N6O. The Kier molecular flexibility index (Phi) is 5.29. The van der Waals surface area contributed by atoms with E-state index in [1.807, 2.05) is 25.4 Å². The van der Waals surface area contributed by atoms with Crippen LogP contribution in [0.3, 0.4) is 0 Å². The van der Waals surface area contributed by atoms with E-state index < -0.39 is 0 Å². The molecule has 3 aromatic heterocycles. The van der Waals surface area contributed by atoms with Crippen LogP contribution in [0.4, 0.5) is 0 Å². The zero-order chi connectivity index (χ0) is 20.5. The fraction of sp³-hybridized carbons (Fsp3) is 0.522. The maximum absolute atomic E-state index is 12.9. The number of hydrogen-bond acceptors (Lipinski definition) is 6. The van der Waals surface area contributed by atoms with E-state index in [-0.39, 0.29) is 5.92 Å². The van der Waals surface area contributed by atoms with Gasteiger partial charge in [-0.3, -0.25) is 19.4 Å². The molecule has 1 saturated heterocycles. The predicted molar refractivity (Wildman–Crippen MR) is 115 cm³/mol. The highest BCUT2D eigenvalue weighted by Crippen LogP contribution is 2.31. The second-order valence-electron chi connectivity index (χ2n) is 8.76. The summed E-state index contributed by atoms with van der Waals surface area (Å²) in [5.41, 5.74) is 3.35. The van der Waals surface area contributed by atoms with Crippen molar-refractivity contribution in [2.24, 2.45) is 13.0 Å². The van der Waals surface area contributed by atoms with Crippen molar-refractivity contribution in [1.29, 1.82) is 0 Å². The van der Waals surface area contributed by atoms with Crippen molar-refractivity contribution in [3.8, 4) is 11.3 Å². The van der Waals surface area contributed by atoms with Crippen LogP contribution in [0.15, 0.2) is 30.7 Å². The monoisotopic (exact) mass is 404 g/mol. The molecule has 0 amide bonds. The van der Waals surface area contributed by atoms with Gasteiger partial charge in [0.1, 0.15) is 11.5 Å². The molecule has 2 fully saturated rings. The zero-order valence-electron chi connectivity index (χ0n) is 17.5. The summed E-state index contributed by atoms with van der Waals surface area (Å²) in [4.78, 5) is 24.6. The summed E-state index contributed by atoms with van der Waals surface area (Å²) in [6.07, 6.45) is 12.9. The average molecular weight is 405 g/mol. The summed E-state index contributed by atoms with van der Waals surface area (Å²) < 4.78 is 1.68. The molecule has 0 atom stereocenters. The third-order valence-electron chi connectivity index (χ3n) is 6.69. The van der Waals surface area contributed by atoms with Crippen LogP contribution in [0.25, 0.3) is 22.2 Å². The summed E-state index contributed by atoms with van der Waals surface area (Å²) in [6, 6.07) is 4.74. The number of likely N-dealkylation sites (tertiary alicyclic amines) is 1. The highest BCUT2D eigenvalue weighted by Gasteiger charge is 2.30. The molecule has 0 radical (unpaired) electrons. The second-order valence-corrected chi connectivity index (χ2v) is 8.76. The highest BCUT2D eigenvalue weighted by atomic mass is 16.1. The number of Topliss-reactive ketones (excluding diaryl/α,β-unsaturated/α-hetero) is 1. The number of pyridine rings is 2. The molecule has 30 heavy (non-hydrogen) atoms. The lowest BCUT2D eigenvalue weighted by Gasteiger charge is -2.34. The second kappa shape index (κ2) is 8.22. The van der Waals surface area contributed by atoms with Gasteiger partial charge in [-0.2, -0.15) is 0 Å². The average Bonchev–Trinajstić information content (AvgIpc) is 3.45. The SMILES string of the molecule is Cn1cc(-c2cnc3cnc(CC(=O)C4CCC(N5CCCC5)CC4)cc3c2)nn1. The molecule has 7 heteroatoms. The Morgan fingerprint density at radius 3 is 2.60 bits per heavy atom. The van der Waals surface area contributed by atoms with Crippen molar-refractivity contribution in [2.75, 3.05) is 13.1 Å². The molecule has 5 rings (SSSR count). The molecule has 1 aliphatic heterocycles. The van der Waals surface area contributed by atoms with Crippen LogP contribution in [0.1, 0.15) is 44.2 Å². The van der Waals surface area contributed by atoms with Crippen molar-refractivity contribution in [1.82, 2.24) is 29.9 Å². The van der Waals surface area contributed by atoms with E-state index in [2.05, 4.69) is 25.2 Å². The number of carbonyl (C=O) groups is 1. The fourth-order valence-corrected chi connectivity index (χ4v) is 4.99. The summed E-state index contributed by atoms with van der Waals surface area (Å²) in [5, 5.41) is 9.13. The Labute approximate surface area is 176 Å². The first-order chi connectivity index (χ1) is 14.7. The normalized spacial score (nSPS) is 22.6. The first kappa shape index (κ1) is 19.3. The third kappa shape index (κ3) is 3.99. The Hall–Kier alpha value is -2.67. The number of fused-ring (bicyclic) bond motifs is 1. The lowest BCUT2D eigenvalue weighted by molar-refractivity contribution is -0.123. The van der Waals surface area contributed by atoms with Crippen molar-refractivity contribution >= 4 is 16.7 Å². The molecule has 0 spiro atoms. The summed E-state index contributed by atoms with van der Waals surface area (Å²) in [7, 11) is 1.84. The largest absolute Gasteiger partial charge is 0.300 e. The van der Waals surface area contributed by atoms with Gasteiger partial charge in [0.2, 0.25) is 0 Å². The van der Waals surface area contributed by atoms with Gasteiger partial charge in [0.25, 0.3) is 0 Å². The number of aromatic nitrogens is 5. The first-order valence-electron chi connectivity index (χ1n) is 11.0. The van der Waals surface area contributed by atoms with Crippen LogP contribution in [-0.4, -0.2) is 54.8 Å². The Bertz CT molecular complexity index is 1050. The predicted octanol–water partition coefficient (Wildman–Crippen LogP) is 3.19. The topological polar surface area (TPSA) is 76.8 Å². The maximum atomic E-state index is 12.9.